The van der Waals surface area contributed by atoms with Crippen LogP contribution in [0.25, 0.3) is 0 Å². The van der Waals surface area contributed by atoms with E-state index >= 15 is 0 Å². The molecule has 1 heteroatoms. The average molecular weight is 181 g/mol. The van der Waals surface area contributed by atoms with Crippen LogP contribution in [0, 0.1) is 11.3 Å². The van der Waals surface area contributed by atoms with Crippen LogP contribution in [0.1, 0.15) is 51.4 Å². The van der Waals surface area contributed by atoms with Gasteiger partial charge >= 0.3 is 0 Å². The summed E-state index contributed by atoms with van der Waals surface area (Å²) in [5.74, 6) is 0.994. The van der Waals surface area contributed by atoms with Crippen molar-refractivity contribution in [1.82, 2.24) is 5.32 Å². The van der Waals surface area contributed by atoms with Gasteiger partial charge in [-0.05, 0) is 50.6 Å². The van der Waals surface area contributed by atoms with Gasteiger partial charge in [-0.1, -0.05) is 25.7 Å². The van der Waals surface area contributed by atoms with Crippen molar-refractivity contribution in [3.05, 3.63) is 0 Å². The van der Waals surface area contributed by atoms with E-state index in [9.17, 15) is 0 Å². The highest BCUT2D eigenvalue weighted by molar-refractivity contribution is 4.93. The molecule has 2 aliphatic carbocycles. The molecule has 76 valence electrons. The third kappa shape index (κ3) is 1.76. The zero-order valence-electron chi connectivity index (χ0n) is 8.94. The summed E-state index contributed by atoms with van der Waals surface area (Å²) in [6, 6.07) is 0. The van der Waals surface area contributed by atoms with Gasteiger partial charge in [0, 0.05) is 0 Å². The van der Waals surface area contributed by atoms with Crippen molar-refractivity contribution in [2.24, 2.45) is 11.3 Å². The lowest BCUT2D eigenvalue weighted by Gasteiger charge is -2.41. The first-order chi connectivity index (χ1) is 6.37. The van der Waals surface area contributed by atoms with Gasteiger partial charge in [0.1, 0.15) is 0 Å². The van der Waals surface area contributed by atoms with Crippen molar-refractivity contribution in [2.45, 2.75) is 51.4 Å². The number of hydrogen-bond donors (Lipinski definition) is 1. The highest BCUT2D eigenvalue weighted by atomic mass is 14.8. The molecule has 1 spiro atoms. The molecule has 1 nitrogen and oxygen atoms in total. The minimum absolute atomic E-state index is 0.779. The molecule has 0 aromatic carbocycles. The average Bonchev–Trinajstić information content (AvgIpc) is 2.59. The van der Waals surface area contributed by atoms with Crippen LogP contribution in [0.2, 0.25) is 0 Å². The molecule has 1 atom stereocenters. The number of rotatable bonds is 2. The molecule has 0 radical (unpaired) electrons. The van der Waals surface area contributed by atoms with Crippen molar-refractivity contribution in [3.8, 4) is 0 Å². The van der Waals surface area contributed by atoms with Crippen molar-refractivity contribution in [1.29, 1.82) is 0 Å². The van der Waals surface area contributed by atoms with E-state index in [-0.39, 0.29) is 0 Å². The second kappa shape index (κ2) is 4.00. The molecule has 1 N–H and O–H groups in total. The second-order valence-electron chi connectivity index (χ2n) is 5.07. The molecule has 0 aromatic rings. The fraction of sp³-hybridized carbons (Fsp3) is 1.00. The van der Waals surface area contributed by atoms with E-state index < -0.39 is 0 Å². The van der Waals surface area contributed by atoms with Gasteiger partial charge in [0.05, 0.1) is 0 Å². The van der Waals surface area contributed by atoms with E-state index in [0.717, 1.165) is 11.3 Å². The minimum Gasteiger partial charge on any atom is -0.319 e. The summed E-state index contributed by atoms with van der Waals surface area (Å²) >= 11 is 0. The van der Waals surface area contributed by atoms with E-state index in [1.54, 1.807) is 0 Å². The van der Waals surface area contributed by atoms with E-state index in [4.69, 9.17) is 0 Å². The molecule has 1 unspecified atom stereocenters. The molecule has 0 aliphatic heterocycles. The third-order valence-electron chi connectivity index (χ3n) is 4.39. The Balaban J connectivity index is 2.03. The van der Waals surface area contributed by atoms with Gasteiger partial charge < -0.3 is 5.32 Å². The smallest absolute Gasteiger partial charge is 0.00182 e. The monoisotopic (exact) mass is 181 g/mol. The summed E-state index contributed by atoms with van der Waals surface area (Å²) in [6.45, 7) is 1.26. The fourth-order valence-corrected chi connectivity index (χ4v) is 3.68. The predicted octanol–water partition coefficient (Wildman–Crippen LogP) is 2.96. The van der Waals surface area contributed by atoms with Gasteiger partial charge in [-0.3, -0.25) is 0 Å². The Labute approximate surface area is 82.3 Å². The topological polar surface area (TPSA) is 12.0 Å². The molecule has 0 saturated heterocycles. The normalized spacial score (nSPS) is 32.5. The highest BCUT2D eigenvalue weighted by Crippen LogP contribution is 2.52. The lowest BCUT2D eigenvalue weighted by Crippen LogP contribution is -2.37. The molecule has 0 bridgehead atoms. The van der Waals surface area contributed by atoms with Crippen LogP contribution in [0.4, 0.5) is 0 Å². The minimum atomic E-state index is 0.779. The van der Waals surface area contributed by atoms with Crippen molar-refractivity contribution in [3.63, 3.8) is 0 Å². The summed E-state index contributed by atoms with van der Waals surface area (Å²) in [6.07, 6.45) is 12.0. The standard InChI is InChI=1S/C12H23N/c1-13-10-11-6-2-3-7-12(11)8-4-5-9-12/h11,13H,2-10H2,1H3. The van der Waals surface area contributed by atoms with Crippen LogP contribution >= 0.6 is 0 Å². The molecule has 0 aromatic heterocycles. The zero-order chi connectivity index (χ0) is 9.15. The molecule has 0 amide bonds. The lowest BCUT2D eigenvalue weighted by atomic mass is 9.65. The van der Waals surface area contributed by atoms with Gasteiger partial charge in [0.25, 0.3) is 0 Å². The summed E-state index contributed by atoms with van der Waals surface area (Å²) in [5, 5.41) is 3.39. The Morgan fingerprint density at radius 1 is 1.08 bits per heavy atom. The first-order valence-corrected chi connectivity index (χ1v) is 6.02. The Hall–Kier alpha value is -0.0400. The quantitative estimate of drug-likeness (QED) is 0.690. The van der Waals surface area contributed by atoms with E-state index in [2.05, 4.69) is 12.4 Å². The molecule has 2 saturated carbocycles. The van der Waals surface area contributed by atoms with E-state index in [1.165, 1.54) is 57.9 Å². The third-order valence-corrected chi connectivity index (χ3v) is 4.39. The lowest BCUT2D eigenvalue weighted by molar-refractivity contribution is 0.101. The fourth-order valence-electron chi connectivity index (χ4n) is 3.68. The van der Waals surface area contributed by atoms with Crippen LogP contribution in [-0.2, 0) is 0 Å². The maximum Gasteiger partial charge on any atom is -0.00182 e. The van der Waals surface area contributed by atoms with Crippen LogP contribution in [0.15, 0.2) is 0 Å². The maximum absolute atomic E-state index is 3.39. The van der Waals surface area contributed by atoms with Gasteiger partial charge in [0.15, 0.2) is 0 Å². The largest absolute Gasteiger partial charge is 0.319 e. The van der Waals surface area contributed by atoms with Gasteiger partial charge in [0.2, 0.25) is 0 Å². The van der Waals surface area contributed by atoms with Crippen LogP contribution in [0.3, 0.4) is 0 Å². The Morgan fingerprint density at radius 3 is 2.31 bits per heavy atom. The Kier molecular flexibility index (Phi) is 2.92. The molecular weight excluding hydrogens is 158 g/mol. The molecular formula is C12H23N. The van der Waals surface area contributed by atoms with Crippen LogP contribution in [0.5, 0.6) is 0 Å². The predicted molar refractivity (Wildman–Crippen MR) is 56.8 cm³/mol. The molecule has 2 fully saturated rings. The van der Waals surface area contributed by atoms with Gasteiger partial charge in [-0.2, -0.15) is 0 Å². The summed E-state index contributed by atoms with van der Waals surface area (Å²) < 4.78 is 0. The first kappa shape index (κ1) is 9.51. The van der Waals surface area contributed by atoms with Gasteiger partial charge in [-0.25, -0.2) is 0 Å². The van der Waals surface area contributed by atoms with Gasteiger partial charge in [-0.15, -0.1) is 0 Å². The molecule has 2 aliphatic rings. The number of hydrogen-bond acceptors (Lipinski definition) is 1. The Morgan fingerprint density at radius 2 is 1.69 bits per heavy atom. The van der Waals surface area contributed by atoms with Crippen molar-refractivity contribution in [2.75, 3.05) is 13.6 Å². The van der Waals surface area contributed by atoms with Crippen LogP contribution in [-0.4, -0.2) is 13.6 Å². The summed E-state index contributed by atoms with van der Waals surface area (Å²) in [7, 11) is 2.11. The highest BCUT2D eigenvalue weighted by Gasteiger charge is 2.41. The first-order valence-electron chi connectivity index (χ1n) is 6.02. The van der Waals surface area contributed by atoms with Crippen LogP contribution < -0.4 is 5.32 Å². The second-order valence-corrected chi connectivity index (χ2v) is 5.07. The van der Waals surface area contributed by atoms with Crippen molar-refractivity contribution < 1.29 is 0 Å². The summed E-state index contributed by atoms with van der Waals surface area (Å²) in [5.41, 5.74) is 0.779. The summed E-state index contributed by atoms with van der Waals surface area (Å²) in [4.78, 5) is 0. The molecule has 13 heavy (non-hydrogen) atoms. The number of nitrogens with one attached hydrogen (secondary N) is 1. The SMILES string of the molecule is CNCC1CCCCC12CCCC2. The van der Waals surface area contributed by atoms with E-state index in [0.29, 0.717) is 0 Å². The zero-order valence-corrected chi connectivity index (χ0v) is 8.94. The maximum atomic E-state index is 3.39. The molecule has 2 rings (SSSR count). The van der Waals surface area contributed by atoms with Crippen molar-refractivity contribution >= 4 is 0 Å². The Bertz CT molecular complexity index is 157. The molecule has 0 heterocycles. The van der Waals surface area contributed by atoms with E-state index in [1.807, 2.05) is 0 Å².